The largest absolute Gasteiger partial charge is 0.478 e. The monoisotopic (exact) mass is 348 g/mol. The molecular weight excluding hydrogens is 332 g/mol. The maximum atomic E-state index is 11.0. The number of methoxy groups -OCH3 is 1. The van der Waals surface area contributed by atoms with Crippen LogP contribution in [-0.4, -0.2) is 43.8 Å². The number of hydrogen-bond donors (Lipinski definition) is 1. The Hall–Kier alpha value is -0.560. The van der Waals surface area contributed by atoms with Crippen LogP contribution in [0.5, 0.6) is 0 Å². The Morgan fingerprint density at radius 2 is 2.16 bits per heavy atom. The van der Waals surface area contributed by atoms with Crippen LogP contribution in [0.25, 0.3) is 0 Å². The average molecular weight is 349 g/mol. The van der Waals surface area contributed by atoms with Gasteiger partial charge in [0.15, 0.2) is 0 Å². The molecule has 0 radical (unpaired) electrons. The fourth-order valence-corrected chi connectivity index (χ4v) is 2.63. The third-order valence-electron chi connectivity index (χ3n) is 2.30. The lowest BCUT2D eigenvalue weighted by Gasteiger charge is -2.05. The minimum atomic E-state index is -0.919. The van der Waals surface area contributed by atoms with Crippen LogP contribution in [0.4, 0.5) is 0 Å². The number of halogens is 1. The number of benzene rings is 1. The molecule has 1 aromatic carbocycles. The molecule has 4 nitrogen and oxygen atoms in total. The number of ether oxygens (including phenoxy) is 2. The van der Waals surface area contributed by atoms with E-state index in [2.05, 4.69) is 15.9 Å². The molecule has 0 saturated carbocycles. The summed E-state index contributed by atoms with van der Waals surface area (Å²) in [7, 11) is 1.65. The van der Waals surface area contributed by atoms with Gasteiger partial charge in [-0.25, -0.2) is 4.79 Å². The fourth-order valence-electron chi connectivity index (χ4n) is 1.35. The Labute approximate surface area is 125 Å². The molecule has 0 fully saturated rings. The lowest BCUT2D eigenvalue weighted by Crippen LogP contribution is -2.03. The summed E-state index contributed by atoms with van der Waals surface area (Å²) in [4.78, 5) is 11.9. The highest BCUT2D eigenvalue weighted by Crippen LogP contribution is 2.25. The highest BCUT2D eigenvalue weighted by molar-refractivity contribution is 9.10. The zero-order valence-corrected chi connectivity index (χ0v) is 13.1. The summed E-state index contributed by atoms with van der Waals surface area (Å²) >= 11 is 4.86. The van der Waals surface area contributed by atoms with Crippen molar-refractivity contribution in [2.75, 3.05) is 32.7 Å². The molecular formula is C13H17BrO4S. The number of rotatable bonds is 9. The molecule has 0 aromatic heterocycles. The SMILES string of the molecule is COCCOCCCSc1ccc(Br)c(C(=O)O)c1. The Morgan fingerprint density at radius 1 is 1.37 bits per heavy atom. The fraction of sp³-hybridized carbons (Fsp3) is 0.462. The van der Waals surface area contributed by atoms with Crippen LogP contribution in [0.15, 0.2) is 27.6 Å². The standard InChI is InChI=1S/C13H17BrO4S/c1-17-6-7-18-5-2-8-19-10-3-4-12(14)11(9-10)13(15)16/h3-4,9H,2,5-8H2,1H3,(H,15,16). The molecule has 0 amide bonds. The van der Waals surface area contributed by atoms with E-state index in [0.717, 1.165) is 17.1 Å². The minimum absolute atomic E-state index is 0.293. The lowest BCUT2D eigenvalue weighted by atomic mass is 10.2. The topological polar surface area (TPSA) is 55.8 Å². The summed E-state index contributed by atoms with van der Waals surface area (Å²) in [6, 6.07) is 5.36. The summed E-state index contributed by atoms with van der Waals surface area (Å²) in [6.45, 7) is 1.92. The van der Waals surface area contributed by atoms with E-state index in [0.29, 0.717) is 29.9 Å². The molecule has 1 N–H and O–H groups in total. The van der Waals surface area contributed by atoms with Gasteiger partial charge in [-0.1, -0.05) is 0 Å². The summed E-state index contributed by atoms with van der Waals surface area (Å²) in [5.74, 6) is -0.0227. The molecule has 19 heavy (non-hydrogen) atoms. The van der Waals surface area contributed by atoms with Gasteiger partial charge in [-0.05, 0) is 40.5 Å². The molecule has 1 rings (SSSR count). The van der Waals surface area contributed by atoms with Gasteiger partial charge in [-0.15, -0.1) is 11.8 Å². The van der Waals surface area contributed by atoms with Gasteiger partial charge in [0.1, 0.15) is 0 Å². The Balaban J connectivity index is 2.30. The summed E-state index contributed by atoms with van der Waals surface area (Å²) < 4.78 is 10.8. The van der Waals surface area contributed by atoms with Crippen LogP contribution < -0.4 is 0 Å². The molecule has 0 aliphatic rings. The van der Waals surface area contributed by atoms with Crippen molar-refractivity contribution in [3.8, 4) is 0 Å². The van der Waals surface area contributed by atoms with Crippen LogP contribution in [0.1, 0.15) is 16.8 Å². The van der Waals surface area contributed by atoms with E-state index in [1.54, 1.807) is 31.0 Å². The van der Waals surface area contributed by atoms with Crippen molar-refractivity contribution in [1.82, 2.24) is 0 Å². The molecule has 0 bridgehead atoms. The second-order valence-electron chi connectivity index (χ2n) is 3.75. The number of aromatic carboxylic acids is 1. The normalized spacial score (nSPS) is 10.6. The summed E-state index contributed by atoms with van der Waals surface area (Å²) in [5, 5.41) is 9.01. The van der Waals surface area contributed by atoms with E-state index in [1.807, 2.05) is 6.07 Å². The van der Waals surface area contributed by atoms with Gasteiger partial charge < -0.3 is 14.6 Å². The van der Waals surface area contributed by atoms with E-state index in [-0.39, 0.29) is 0 Å². The van der Waals surface area contributed by atoms with Crippen molar-refractivity contribution in [3.05, 3.63) is 28.2 Å². The Morgan fingerprint density at radius 3 is 2.84 bits per heavy atom. The molecule has 0 aliphatic carbocycles. The minimum Gasteiger partial charge on any atom is -0.478 e. The van der Waals surface area contributed by atoms with E-state index < -0.39 is 5.97 Å². The van der Waals surface area contributed by atoms with Gasteiger partial charge in [-0.2, -0.15) is 0 Å². The van der Waals surface area contributed by atoms with Crippen LogP contribution in [0, 0.1) is 0 Å². The maximum Gasteiger partial charge on any atom is 0.336 e. The zero-order valence-electron chi connectivity index (χ0n) is 10.7. The van der Waals surface area contributed by atoms with E-state index in [4.69, 9.17) is 14.6 Å². The molecule has 0 aliphatic heterocycles. The van der Waals surface area contributed by atoms with Crippen LogP contribution in [-0.2, 0) is 9.47 Å². The first kappa shape index (κ1) is 16.5. The predicted octanol–water partition coefficient (Wildman–Crippen LogP) is 3.29. The molecule has 0 heterocycles. The van der Waals surface area contributed by atoms with Gasteiger partial charge in [0.05, 0.1) is 18.8 Å². The third-order valence-corrected chi connectivity index (χ3v) is 4.07. The molecule has 0 spiro atoms. The van der Waals surface area contributed by atoms with E-state index in [9.17, 15) is 4.79 Å². The van der Waals surface area contributed by atoms with E-state index in [1.165, 1.54) is 0 Å². The van der Waals surface area contributed by atoms with Gasteiger partial charge >= 0.3 is 5.97 Å². The summed E-state index contributed by atoms with van der Waals surface area (Å²) in [6.07, 6.45) is 0.923. The van der Waals surface area contributed by atoms with E-state index >= 15 is 0 Å². The number of carboxylic acids is 1. The Kier molecular flexibility index (Phi) is 8.13. The zero-order chi connectivity index (χ0) is 14.1. The van der Waals surface area contributed by atoms with Crippen molar-refractivity contribution >= 4 is 33.7 Å². The van der Waals surface area contributed by atoms with Crippen LogP contribution >= 0.6 is 27.7 Å². The third kappa shape index (κ3) is 6.42. The second-order valence-corrected chi connectivity index (χ2v) is 5.78. The lowest BCUT2D eigenvalue weighted by molar-refractivity contribution is 0.0695. The number of hydrogen-bond acceptors (Lipinski definition) is 4. The first-order valence-corrected chi connectivity index (χ1v) is 7.65. The number of carboxylic acid groups (broad SMARTS) is 1. The highest BCUT2D eigenvalue weighted by atomic mass is 79.9. The van der Waals surface area contributed by atoms with Crippen molar-refractivity contribution in [1.29, 1.82) is 0 Å². The molecule has 0 saturated heterocycles. The molecule has 0 atom stereocenters. The second kappa shape index (κ2) is 9.36. The smallest absolute Gasteiger partial charge is 0.336 e. The van der Waals surface area contributed by atoms with Crippen molar-refractivity contribution in [3.63, 3.8) is 0 Å². The number of carbonyl (C=O) groups is 1. The molecule has 1 aromatic rings. The predicted molar refractivity (Wildman–Crippen MR) is 79.1 cm³/mol. The average Bonchev–Trinajstić information content (AvgIpc) is 2.39. The highest BCUT2D eigenvalue weighted by Gasteiger charge is 2.08. The van der Waals surface area contributed by atoms with Crippen LogP contribution in [0.2, 0.25) is 0 Å². The van der Waals surface area contributed by atoms with Crippen LogP contribution in [0.3, 0.4) is 0 Å². The quantitative estimate of drug-likeness (QED) is 0.548. The molecule has 106 valence electrons. The maximum absolute atomic E-state index is 11.0. The van der Waals surface area contributed by atoms with Gasteiger partial charge in [0.2, 0.25) is 0 Å². The van der Waals surface area contributed by atoms with Gasteiger partial charge in [0.25, 0.3) is 0 Å². The first-order valence-electron chi connectivity index (χ1n) is 5.87. The van der Waals surface area contributed by atoms with Crippen molar-refractivity contribution < 1.29 is 19.4 Å². The van der Waals surface area contributed by atoms with Gasteiger partial charge in [-0.3, -0.25) is 0 Å². The van der Waals surface area contributed by atoms with Crippen molar-refractivity contribution in [2.24, 2.45) is 0 Å². The van der Waals surface area contributed by atoms with Gasteiger partial charge in [0, 0.05) is 28.8 Å². The molecule has 0 unspecified atom stereocenters. The first-order chi connectivity index (χ1) is 9.15. The number of thioether (sulfide) groups is 1. The summed E-state index contributed by atoms with van der Waals surface area (Å²) in [5.41, 5.74) is 0.293. The molecule has 6 heteroatoms. The Bertz CT molecular complexity index is 412. The van der Waals surface area contributed by atoms with Crippen molar-refractivity contribution in [2.45, 2.75) is 11.3 Å².